The van der Waals surface area contributed by atoms with Crippen LogP contribution in [0.2, 0.25) is 5.02 Å². The summed E-state index contributed by atoms with van der Waals surface area (Å²) in [6.07, 6.45) is 3.17. The number of imidazole rings is 1. The van der Waals surface area contributed by atoms with E-state index in [0.717, 1.165) is 5.56 Å². The van der Waals surface area contributed by atoms with Gasteiger partial charge in [0.15, 0.2) is 0 Å². The first-order chi connectivity index (χ1) is 20.8. The first kappa shape index (κ1) is 27.7. The van der Waals surface area contributed by atoms with E-state index in [0.29, 0.717) is 27.6 Å². The Morgan fingerprint density at radius 2 is 1.84 bits per heavy atom. The van der Waals surface area contributed by atoms with E-state index in [-0.39, 0.29) is 29.3 Å². The molecule has 14 heteroatoms. The number of nitrogens with one attached hydrogen (secondary N) is 1. The zero-order chi connectivity index (χ0) is 30.1. The summed E-state index contributed by atoms with van der Waals surface area (Å²) in [6.45, 7) is 0. The maximum Gasteiger partial charge on any atom is 0.252 e. The second-order valence-electron chi connectivity index (χ2n) is 9.48. The highest BCUT2D eigenvalue weighted by atomic mass is 35.5. The second-order valence-corrected chi connectivity index (χ2v) is 9.92. The molecule has 0 aliphatic heterocycles. The molecule has 4 aromatic heterocycles. The van der Waals surface area contributed by atoms with Crippen molar-refractivity contribution >= 4 is 17.4 Å². The fourth-order valence-electron chi connectivity index (χ4n) is 4.84. The van der Waals surface area contributed by atoms with Gasteiger partial charge >= 0.3 is 0 Å². The van der Waals surface area contributed by atoms with E-state index in [1.165, 1.54) is 47.1 Å². The molecule has 0 saturated carbocycles. The molecule has 4 heterocycles. The Labute approximate surface area is 247 Å². The molecule has 2 aromatic carbocycles. The predicted molar refractivity (Wildman–Crippen MR) is 155 cm³/mol. The van der Waals surface area contributed by atoms with E-state index in [1.54, 1.807) is 18.2 Å². The number of hydrogen-bond acceptors (Lipinski definition) is 8. The molecule has 0 amide bonds. The zero-order valence-electron chi connectivity index (χ0n) is 22.4. The van der Waals surface area contributed by atoms with Gasteiger partial charge in [-0.3, -0.25) is 4.79 Å². The van der Waals surface area contributed by atoms with Crippen LogP contribution in [-0.2, 0) is 6.42 Å². The van der Waals surface area contributed by atoms with Gasteiger partial charge in [0.1, 0.15) is 29.4 Å². The molecule has 3 N–H and O–H groups in total. The molecule has 0 saturated heterocycles. The summed E-state index contributed by atoms with van der Waals surface area (Å²) >= 11 is 6.33. The van der Waals surface area contributed by atoms with Crippen molar-refractivity contribution in [1.82, 2.24) is 39.7 Å². The van der Waals surface area contributed by atoms with Crippen molar-refractivity contribution in [2.24, 2.45) is 0 Å². The fourth-order valence-corrected chi connectivity index (χ4v) is 5.01. The Morgan fingerprint density at radius 3 is 2.56 bits per heavy atom. The highest BCUT2D eigenvalue weighted by Crippen LogP contribution is 2.36. The number of nitrogens with two attached hydrogens (primary N) is 1. The average molecular weight is 602 g/mol. The number of aromatic nitrogens is 8. The lowest BCUT2D eigenvalue weighted by atomic mass is 10.0. The van der Waals surface area contributed by atoms with Crippen molar-refractivity contribution in [1.29, 1.82) is 0 Å². The van der Waals surface area contributed by atoms with Gasteiger partial charge in [0.05, 0.1) is 30.6 Å². The Bertz CT molecular complexity index is 1980. The molecule has 6 aromatic rings. The van der Waals surface area contributed by atoms with Crippen LogP contribution in [-0.4, -0.2) is 46.8 Å². The number of rotatable bonds is 8. The number of tetrazole rings is 1. The van der Waals surface area contributed by atoms with Gasteiger partial charge in [0.2, 0.25) is 11.9 Å². The minimum Gasteiger partial charge on any atom is -0.495 e. The zero-order valence-corrected chi connectivity index (χ0v) is 23.2. The quantitative estimate of drug-likeness (QED) is 0.240. The van der Waals surface area contributed by atoms with Crippen LogP contribution in [0.1, 0.15) is 17.4 Å². The number of benzene rings is 2. The molecular weight excluding hydrogens is 580 g/mol. The standard InChI is InChI=1S/C29H22ClF2N9O2/c1-43-23-14-40(25(42)13-20(23)19-12-17(30)7-9-21(19)41-15-34-38-39-41)22(11-16-5-3-2-4-6-16)29-36-26(28(32)37-29)18-8-10-24(33)35-27(18)31/h2-10,12-15,22H,11H2,1H3,(H2,33,35)(H,36,37). The lowest BCUT2D eigenvalue weighted by molar-refractivity contribution is 0.405. The third-order valence-corrected chi connectivity index (χ3v) is 7.07. The minimum atomic E-state index is -0.973. The maximum absolute atomic E-state index is 15.3. The van der Waals surface area contributed by atoms with Crippen LogP contribution in [0.15, 0.2) is 84.0 Å². The van der Waals surface area contributed by atoms with Gasteiger partial charge in [-0.05, 0) is 46.3 Å². The summed E-state index contributed by atoms with van der Waals surface area (Å²) in [7, 11) is 1.46. The van der Waals surface area contributed by atoms with Crippen LogP contribution < -0.4 is 16.0 Å². The van der Waals surface area contributed by atoms with Gasteiger partial charge < -0.3 is 20.0 Å². The van der Waals surface area contributed by atoms with Gasteiger partial charge in [0, 0.05) is 28.6 Å². The van der Waals surface area contributed by atoms with Crippen LogP contribution >= 0.6 is 11.6 Å². The summed E-state index contributed by atoms with van der Waals surface area (Å²) in [5.74, 6) is -1.52. The topological polar surface area (TPSA) is 142 Å². The van der Waals surface area contributed by atoms with Crippen LogP contribution in [0, 0.1) is 11.9 Å². The summed E-state index contributed by atoms with van der Waals surface area (Å²) in [6, 6.07) is 17.6. The molecule has 0 aliphatic rings. The molecule has 0 radical (unpaired) electrons. The van der Waals surface area contributed by atoms with E-state index < -0.39 is 23.5 Å². The van der Waals surface area contributed by atoms with E-state index in [9.17, 15) is 9.18 Å². The molecule has 43 heavy (non-hydrogen) atoms. The molecule has 1 unspecified atom stereocenters. The van der Waals surface area contributed by atoms with Crippen molar-refractivity contribution in [2.45, 2.75) is 12.5 Å². The number of halogens is 3. The molecule has 0 fully saturated rings. The van der Waals surface area contributed by atoms with Gasteiger partial charge in [-0.1, -0.05) is 41.9 Å². The van der Waals surface area contributed by atoms with E-state index in [1.807, 2.05) is 30.3 Å². The van der Waals surface area contributed by atoms with E-state index in [2.05, 4.69) is 30.5 Å². The Balaban J connectivity index is 1.51. The summed E-state index contributed by atoms with van der Waals surface area (Å²) in [4.78, 5) is 24.4. The van der Waals surface area contributed by atoms with Gasteiger partial charge in [0.25, 0.3) is 5.56 Å². The van der Waals surface area contributed by atoms with Crippen LogP contribution in [0.5, 0.6) is 5.75 Å². The van der Waals surface area contributed by atoms with Crippen molar-refractivity contribution in [3.8, 4) is 33.8 Å². The fraction of sp³-hybridized carbons (Fsp3) is 0.103. The molecule has 0 aliphatic carbocycles. The monoisotopic (exact) mass is 601 g/mol. The Morgan fingerprint density at radius 1 is 1.02 bits per heavy atom. The number of ether oxygens (including phenoxy) is 1. The number of aromatic amines is 1. The van der Waals surface area contributed by atoms with Gasteiger partial charge in [-0.25, -0.2) is 9.97 Å². The predicted octanol–water partition coefficient (Wildman–Crippen LogP) is 4.63. The van der Waals surface area contributed by atoms with Crippen LogP contribution in [0.25, 0.3) is 28.1 Å². The van der Waals surface area contributed by atoms with Crippen molar-refractivity contribution in [3.63, 3.8) is 0 Å². The molecule has 0 bridgehead atoms. The number of anilines is 1. The third-order valence-electron chi connectivity index (χ3n) is 6.84. The van der Waals surface area contributed by atoms with E-state index >= 15 is 4.39 Å². The lowest BCUT2D eigenvalue weighted by Crippen LogP contribution is -2.27. The molecule has 11 nitrogen and oxygen atoms in total. The van der Waals surface area contributed by atoms with E-state index in [4.69, 9.17) is 22.1 Å². The highest BCUT2D eigenvalue weighted by Gasteiger charge is 2.26. The molecule has 6 rings (SSSR count). The highest BCUT2D eigenvalue weighted by molar-refractivity contribution is 6.31. The molecule has 1 atom stereocenters. The molecule has 0 spiro atoms. The number of nitrogen functional groups attached to an aromatic ring is 1. The SMILES string of the molecule is COc1cn(C(Cc2ccccc2)c2nc(-c3ccc(N)nc3F)c(F)[nH]2)c(=O)cc1-c1cc(Cl)ccc1-n1cnnn1. The second kappa shape index (κ2) is 11.4. The van der Waals surface area contributed by atoms with Crippen molar-refractivity contribution in [3.05, 3.63) is 118 Å². The van der Waals surface area contributed by atoms with Crippen LogP contribution in [0.4, 0.5) is 14.6 Å². The smallest absolute Gasteiger partial charge is 0.252 e. The summed E-state index contributed by atoms with van der Waals surface area (Å²) in [5.41, 5.74) is 7.02. The van der Waals surface area contributed by atoms with Gasteiger partial charge in [-0.2, -0.15) is 13.5 Å². The minimum absolute atomic E-state index is 0.0546. The maximum atomic E-state index is 15.3. The Kier molecular flexibility index (Phi) is 7.38. The number of pyridine rings is 2. The Hall–Kier alpha value is -5.43. The normalized spacial score (nSPS) is 11.9. The molecular formula is C29H22ClF2N9O2. The largest absolute Gasteiger partial charge is 0.495 e. The first-order valence-corrected chi connectivity index (χ1v) is 13.3. The summed E-state index contributed by atoms with van der Waals surface area (Å²) < 4.78 is 38.4. The van der Waals surface area contributed by atoms with Crippen molar-refractivity contribution < 1.29 is 13.5 Å². The van der Waals surface area contributed by atoms with Crippen molar-refractivity contribution in [2.75, 3.05) is 12.8 Å². The average Bonchev–Trinajstić information content (AvgIpc) is 3.67. The lowest BCUT2D eigenvalue weighted by Gasteiger charge is -2.21. The molecule has 216 valence electrons. The van der Waals surface area contributed by atoms with Gasteiger partial charge in [-0.15, -0.1) is 5.10 Å². The summed E-state index contributed by atoms with van der Waals surface area (Å²) in [5, 5.41) is 11.8. The number of methoxy groups -OCH3 is 1. The van der Waals surface area contributed by atoms with Crippen LogP contribution in [0.3, 0.4) is 0 Å². The number of H-pyrrole nitrogens is 1. The first-order valence-electron chi connectivity index (χ1n) is 12.9. The number of nitrogens with zero attached hydrogens (tertiary/aromatic N) is 7. The third kappa shape index (κ3) is 5.45. The number of hydrogen-bond donors (Lipinski definition) is 2.